The molecule has 7 heteroatoms. The van der Waals surface area contributed by atoms with Crippen LogP contribution in [0, 0.1) is 0 Å². The smallest absolute Gasteiger partial charge is 0.329 e. The van der Waals surface area contributed by atoms with E-state index in [1.807, 2.05) is 0 Å². The number of amides is 2. The minimum Gasteiger partial charge on any atom is -0.480 e. The summed E-state index contributed by atoms with van der Waals surface area (Å²) in [7, 11) is 4.57. The molecular weight excluding hydrogens is 252 g/mol. The average molecular weight is 276 g/mol. The summed E-state index contributed by atoms with van der Waals surface area (Å²) in [5.74, 6) is -1.05. The SMILES string of the molecule is COCCN(CCOC)C(=O)N(C)C(C)(C)C(=O)O. The first kappa shape index (κ1) is 17.7. The van der Waals surface area contributed by atoms with E-state index in [9.17, 15) is 9.59 Å². The molecule has 0 unspecified atom stereocenters. The average Bonchev–Trinajstić information content (AvgIpc) is 2.37. The van der Waals surface area contributed by atoms with Crippen molar-refractivity contribution in [2.24, 2.45) is 0 Å². The van der Waals surface area contributed by atoms with Crippen molar-refractivity contribution in [3.8, 4) is 0 Å². The van der Waals surface area contributed by atoms with E-state index >= 15 is 0 Å². The fraction of sp³-hybridized carbons (Fsp3) is 0.833. The number of likely N-dealkylation sites (N-methyl/N-ethyl adjacent to an activating group) is 1. The van der Waals surface area contributed by atoms with Gasteiger partial charge in [0.1, 0.15) is 5.54 Å². The summed E-state index contributed by atoms with van der Waals surface area (Å²) in [6, 6.07) is -0.360. The molecule has 0 aromatic heterocycles. The number of carboxylic acids is 1. The largest absolute Gasteiger partial charge is 0.480 e. The second kappa shape index (κ2) is 7.96. The predicted octanol–water partition coefficient (Wildman–Crippen LogP) is 0.496. The molecule has 0 saturated carbocycles. The van der Waals surface area contributed by atoms with Crippen molar-refractivity contribution in [3.63, 3.8) is 0 Å². The first-order valence-corrected chi connectivity index (χ1v) is 6.03. The number of carbonyl (C=O) groups excluding carboxylic acids is 1. The Morgan fingerprint density at radius 2 is 1.53 bits per heavy atom. The summed E-state index contributed by atoms with van der Waals surface area (Å²) in [6.07, 6.45) is 0. The van der Waals surface area contributed by atoms with E-state index in [2.05, 4.69) is 0 Å². The molecule has 0 aromatic rings. The maximum Gasteiger partial charge on any atom is 0.329 e. The molecule has 0 bridgehead atoms. The molecule has 0 spiro atoms. The molecule has 7 nitrogen and oxygen atoms in total. The van der Waals surface area contributed by atoms with Gasteiger partial charge in [0, 0.05) is 34.4 Å². The fourth-order valence-electron chi connectivity index (χ4n) is 1.30. The van der Waals surface area contributed by atoms with Crippen LogP contribution in [0.15, 0.2) is 0 Å². The molecule has 19 heavy (non-hydrogen) atoms. The number of ether oxygens (including phenoxy) is 2. The molecular formula is C12H24N2O5. The lowest BCUT2D eigenvalue weighted by molar-refractivity contribution is -0.147. The molecule has 0 fully saturated rings. The highest BCUT2D eigenvalue weighted by atomic mass is 16.5. The third-order valence-corrected chi connectivity index (χ3v) is 3.05. The second-order valence-electron chi connectivity index (χ2n) is 4.68. The summed E-state index contributed by atoms with van der Waals surface area (Å²) >= 11 is 0. The van der Waals surface area contributed by atoms with Gasteiger partial charge >= 0.3 is 12.0 Å². The van der Waals surface area contributed by atoms with Crippen LogP contribution in [0.4, 0.5) is 4.79 Å². The lowest BCUT2D eigenvalue weighted by atomic mass is 10.0. The first-order valence-electron chi connectivity index (χ1n) is 6.03. The molecule has 0 aliphatic carbocycles. The van der Waals surface area contributed by atoms with Gasteiger partial charge in [-0.15, -0.1) is 0 Å². The van der Waals surface area contributed by atoms with Crippen LogP contribution in [0.5, 0.6) is 0 Å². The molecule has 0 rings (SSSR count). The third kappa shape index (κ3) is 5.04. The van der Waals surface area contributed by atoms with Crippen molar-refractivity contribution in [1.82, 2.24) is 9.80 Å². The number of urea groups is 1. The fourth-order valence-corrected chi connectivity index (χ4v) is 1.30. The van der Waals surface area contributed by atoms with E-state index in [4.69, 9.17) is 14.6 Å². The lowest BCUT2D eigenvalue weighted by Crippen LogP contribution is -2.56. The number of rotatable bonds is 8. The van der Waals surface area contributed by atoms with Crippen LogP contribution in [-0.2, 0) is 14.3 Å². The van der Waals surface area contributed by atoms with Gasteiger partial charge in [-0.05, 0) is 13.8 Å². The van der Waals surface area contributed by atoms with Crippen LogP contribution in [0.1, 0.15) is 13.8 Å². The highest BCUT2D eigenvalue weighted by Crippen LogP contribution is 2.14. The summed E-state index contributed by atoms with van der Waals surface area (Å²) < 4.78 is 9.89. The Morgan fingerprint density at radius 3 is 1.84 bits per heavy atom. The van der Waals surface area contributed by atoms with E-state index < -0.39 is 11.5 Å². The van der Waals surface area contributed by atoms with Gasteiger partial charge < -0.3 is 24.4 Å². The highest BCUT2D eigenvalue weighted by Gasteiger charge is 2.36. The second-order valence-corrected chi connectivity index (χ2v) is 4.68. The molecule has 112 valence electrons. The first-order chi connectivity index (χ1) is 8.78. The quantitative estimate of drug-likeness (QED) is 0.698. The number of nitrogens with zero attached hydrogens (tertiary/aromatic N) is 2. The Kier molecular flexibility index (Phi) is 7.40. The minimum absolute atomic E-state index is 0.360. The molecule has 0 saturated heterocycles. The number of carbonyl (C=O) groups is 2. The van der Waals surface area contributed by atoms with Gasteiger partial charge in [0.25, 0.3) is 0 Å². The molecule has 0 aromatic carbocycles. The zero-order valence-corrected chi connectivity index (χ0v) is 12.3. The van der Waals surface area contributed by atoms with Crippen molar-refractivity contribution in [3.05, 3.63) is 0 Å². The van der Waals surface area contributed by atoms with E-state index in [1.165, 1.54) is 30.7 Å². The number of methoxy groups -OCH3 is 2. The molecule has 2 amide bonds. The Morgan fingerprint density at radius 1 is 1.11 bits per heavy atom. The standard InChI is InChI=1S/C12H24N2O5/c1-12(2,10(15)16)13(3)11(17)14(6-8-18-4)7-9-19-5/h6-9H2,1-5H3,(H,15,16). The number of carboxylic acid groups (broad SMARTS) is 1. The van der Waals surface area contributed by atoms with Crippen LogP contribution in [0.25, 0.3) is 0 Å². The molecule has 1 N–H and O–H groups in total. The van der Waals surface area contributed by atoms with Crippen LogP contribution in [0.2, 0.25) is 0 Å². The van der Waals surface area contributed by atoms with Gasteiger partial charge in [-0.2, -0.15) is 0 Å². The van der Waals surface area contributed by atoms with Crippen LogP contribution in [-0.4, -0.2) is 80.0 Å². The van der Waals surface area contributed by atoms with Gasteiger partial charge in [0.2, 0.25) is 0 Å². The maximum atomic E-state index is 12.3. The Balaban J connectivity index is 4.81. The summed E-state index contributed by atoms with van der Waals surface area (Å²) in [5.41, 5.74) is -1.27. The van der Waals surface area contributed by atoms with E-state index in [0.717, 1.165) is 0 Å². The topological polar surface area (TPSA) is 79.3 Å². The summed E-state index contributed by atoms with van der Waals surface area (Å²) in [5, 5.41) is 9.13. The zero-order chi connectivity index (χ0) is 15.1. The molecule has 0 heterocycles. The highest BCUT2D eigenvalue weighted by molar-refractivity contribution is 5.85. The van der Waals surface area contributed by atoms with Crippen LogP contribution in [0.3, 0.4) is 0 Å². The lowest BCUT2D eigenvalue weighted by Gasteiger charge is -2.36. The molecule has 0 aliphatic rings. The van der Waals surface area contributed by atoms with Gasteiger partial charge in [0.05, 0.1) is 13.2 Å². The Hall–Kier alpha value is -1.34. The van der Waals surface area contributed by atoms with Crippen molar-refractivity contribution < 1.29 is 24.2 Å². The number of hydrogen-bond donors (Lipinski definition) is 1. The van der Waals surface area contributed by atoms with Gasteiger partial charge in [-0.1, -0.05) is 0 Å². The van der Waals surface area contributed by atoms with Crippen molar-refractivity contribution >= 4 is 12.0 Å². The van der Waals surface area contributed by atoms with Crippen LogP contribution >= 0.6 is 0 Å². The van der Waals surface area contributed by atoms with Gasteiger partial charge in [-0.25, -0.2) is 9.59 Å². The Bertz CT molecular complexity index is 298. The minimum atomic E-state index is -1.27. The number of hydrogen-bond acceptors (Lipinski definition) is 4. The molecule has 0 atom stereocenters. The van der Waals surface area contributed by atoms with Crippen LogP contribution < -0.4 is 0 Å². The van der Waals surface area contributed by atoms with Gasteiger partial charge in [-0.3, -0.25) is 0 Å². The number of aliphatic carboxylic acids is 1. The van der Waals surface area contributed by atoms with Crippen molar-refractivity contribution in [2.75, 3.05) is 47.6 Å². The van der Waals surface area contributed by atoms with E-state index in [0.29, 0.717) is 26.3 Å². The zero-order valence-electron chi connectivity index (χ0n) is 12.3. The summed E-state index contributed by atoms with van der Waals surface area (Å²) in [4.78, 5) is 26.2. The summed E-state index contributed by atoms with van der Waals surface area (Å²) in [6.45, 7) is 4.52. The van der Waals surface area contributed by atoms with E-state index in [1.54, 1.807) is 14.2 Å². The van der Waals surface area contributed by atoms with Crippen molar-refractivity contribution in [2.45, 2.75) is 19.4 Å². The predicted molar refractivity (Wildman–Crippen MR) is 70.2 cm³/mol. The van der Waals surface area contributed by atoms with Crippen molar-refractivity contribution in [1.29, 1.82) is 0 Å². The van der Waals surface area contributed by atoms with E-state index in [-0.39, 0.29) is 6.03 Å². The third-order valence-electron chi connectivity index (χ3n) is 3.05. The van der Waals surface area contributed by atoms with Gasteiger partial charge in [0.15, 0.2) is 0 Å². The molecule has 0 radical (unpaired) electrons. The molecule has 0 aliphatic heterocycles. The Labute approximate surface area is 114 Å². The monoisotopic (exact) mass is 276 g/mol. The maximum absolute atomic E-state index is 12.3. The normalized spacial score (nSPS) is 11.2.